The summed E-state index contributed by atoms with van der Waals surface area (Å²) in [6.45, 7) is 1.64. The van der Waals surface area contributed by atoms with E-state index >= 15 is 0 Å². The summed E-state index contributed by atoms with van der Waals surface area (Å²) in [6.07, 6.45) is 0. The van der Waals surface area contributed by atoms with Crippen LogP contribution in [0.1, 0.15) is 17.3 Å². The number of ketones is 1. The van der Waals surface area contributed by atoms with Crippen LogP contribution in [0.3, 0.4) is 0 Å². The van der Waals surface area contributed by atoms with Crippen LogP contribution in [0.5, 0.6) is 5.75 Å². The number of methoxy groups -OCH3 is 1. The fourth-order valence-electron chi connectivity index (χ4n) is 1.12. The van der Waals surface area contributed by atoms with Gasteiger partial charge in [-0.1, -0.05) is 6.07 Å². The van der Waals surface area contributed by atoms with Crippen LogP contribution in [0, 0.1) is 0 Å². The largest absolute Gasteiger partial charge is 0.495 e. The molecule has 0 aliphatic carbocycles. The predicted molar refractivity (Wildman–Crippen MR) is 60.3 cm³/mol. The number of ether oxygens (including phenoxy) is 1. The van der Waals surface area contributed by atoms with E-state index in [-0.39, 0.29) is 5.78 Å². The highest BCUT2D eigenvalue weighted by molar-refractivity contribution is 9.10. The number of hydrogen-bond acceptors (Lipinski definition) is 2. The van der Waals surface area contributed by atoms with Crippen LogP contribution in [0.25, 0.3) is 0 Å². The maximum atomic E-state index is 11.6. The van der Waals surface area contributed by atoms with E-state index in [0.29, 0.717) is 11.3 Å². The van der Waals surface area contributed by atoms with E-state index < -0.39 is 5.38 Å². The van der Waals surface area contributed by atoms with Gasteiger partial charge in [-0.15, -0.1) is 11.6 Å². The number of benzene rings is 1. The Morgan fingerprint density at radius 1 is 1.57 bits per heavy atom. The van der Waals surface area contributed by atoms with Crippen LogP contribution >= 0.6 is 27.5 Å². The molecule has 2 nitrogen and oxygen atoms in total. The molecular weight excluding hydrogens is 267 g/mol. The summed E-state index contributed by atoms with van der Waals surface area (Å²) in [5.41, 5.74) is 0.504. The van der Waals surface area contributed by atoms with Crippen molar-refractivity contribution in [2.45, 2.75) is 12.3 Å². The molecule has 1 aromatic rings. The summed E-state index contributed by atoms with van der Waals surface area (Å²) in [4.78, 5) is 11.6. The summed E-state index contributed by atoms with van der Waals surface area (Å²) in [6, 6.07) is 5.29. The molecule has 0 aromatic heterocycles. The van der Waals surface area contributed by atoms with Crippen molar-refractivity contribution < 1.29 is 9.53 Å². The Bertz CT molecular complexity index is 350. The van der Waals surface area contributed by atoms with Crippen LogP contribution in [0.2, 0.25) is 0 Å². The molecule has 0 radical (unpaired) electrons. The van der Waals surface area contributed by atoms with Gasteiger partial charge < -0.3 is 4.74 Å². The molecule has 4 heteroatoms. The van der Waals surface area contributed by atoms with E-state index in [2.05, 4.69) is 15.9 Å². The highest BCUT2D eigenvalue weighted by atomic mass is 79.9. The molecule has 0 saturated carbocycles. The minimum Gasteiger partial charge on any atom is -0.495 e. The molecule has 1 unspecified atom stereocenters. The monoisotopic (exact) mass is 276 g/mol. The minimum absolute atomic E-state index is 0.134. The van der Waals surface area contributed by atoms with Crippen molar-refractivity contribution in [1.29, 1.82) is 0 Å². The molecule has 1 atom stereocenters. The summed E-state index contributed by atoms with van der Waals surface area (Å²) >= 11 is 9.03. The van der Waals surface area contributed by atoms with Crippen molar-refractivity contribution in [3.05, 3.63) is 28.2 Å². The molecule has 0 spiro atoms. The van der Waals surface area contributed by atoms with Crippen LogP contribution in [-0.4, -0.2) is 18.3 Å². The standard InChI is InChI=1S/C10H10BrClO2/c1-6(12)9(13)7-4-3-5-8(11)10(7)14-2/h3-6H,1-2H3. The Kier molecular flexibility index (Phi) is 3.96. The second kappa shape index (κ2) is 4.80. The number of carbonyl (C=O) groups is 1. The fraction of sp³-hybridized carbons (Fsp3) is 0.300. The molecule has 0 amide bonds. The normalized spacial score (nSPS) is 12.3. The Balaban J connectivity index is 3.20. The molecule has 0 bridgehead atoms. The topological polar surface area (TPSA) is 26.3 Å². The first-order valence-corrected chi connectivity index (χ1v) is 5.31. The maximum absolute atomic E-state index is 11.6. The van der Waals surface area contributed by atoms with Crippen LogP contribution in [0.15, 0.2) is 22.7 Å². The molecule has 1 rings (SSSR count). The Morgan fingerprint density at radius 2 is 2.21 bits per heavy atom. The van der Waals surface area contributed by atoms with Crippen LogP contribution in [0.4, 0.5) is 0 Å². The first kappa shape index (κ1) is 11.5. The third-order valence-corrected chi connectivity index (χ3v) is 2.62. The van der Waals surface area contributed by atoms with Crippen LogP contribution < -0.4 is 4.74 Å². The van der Waals surface area contributed by atoms with Gasteiger partial charge in [-0.05, 0) is 35.0 Å². The third kappa shape index (κ3) is 2.28. The number of halogens is 2. The third-order valence-electron chi connectivity index (χ3n) is 1.80. The van der Waals surface area contributed by atoms with Gasteiger partial charge in [-0.2, -0.15) is 0 Å². The van der Waals surface area contributed by atoms with E-state index in [1.165, 1.54) is 7.11 Å². The van der Waals surface area contributed by atoms with E-state index in [9.17, 15) is 4.79 Å². The highest BCUT2D eigenvalue weighted by Crippen LogP contribution is 2.29. The quantitative estimate of drug-likeness (QED) is 0.626. The maximum Gasteiger partial charge on any atom is 0.184 e. The molecular formula is C10H10BrClO2. The average Bonchev–Trinajstić information content (AvgIpc) is 2.16. The van der Waals surface area contributed by atoms with Gasteiger partial charge in [0.15, 0.2) is 5.78 Å². The second-order valence-electron chi connectivity index (χ2n) is 2.80. The lowest BCUT2D eigenvalue weighted by atomic mass is 10.1. The predicted octanol–water partition coefficient (Wildman–Crippen LogP) is 3.27. The lowest BCUT2D eigenvalue weighted by Gasteiger charge is -2.09. The Labute approximate surface area is 96.3 Å². The number of rotatable bonds is 3. The molecule has 0 aliphatic rings. The summed E-state index contributed by atoms with van der Waals surface area (Å²) in [5.74, 6) is 0.398. The van der Waals surface area contributed by atoms with Crippen molar-refractivity contribution in [3.63, 3.8) is 0 Å². The zero-order chi connectivity index (χ0) is 10.7. The molecule has 76 valence electrons. The molecule has 0 aliphatic heterocycles. The van der Waals surface area contributed by atoms with E-state index in [1.54, 1.807) is 19.1 Å². The number of Topliss-reactive ketones (excluding diaryl/α,β-unsaturated/α-hetero) is 1. The summed E-state index contributed by atoms with van der Waals surface area (Å²) in [7, 11) is 1.52. The Hall–Kier alpha value is -0.540. The number of alkyl halides is 1. The van der Waals surface area contributed by atoms with Gasteiger partial charge in [0.2, 0.25) is 0 Å². The molecule has 14 heavy (non-hydrogen) atoms. The van der Waals surface area contributed by atoms with Crippen molar-refractivity contribution in [2.24, 2.45) is 0 Å². The SMILES string of the molecule is COc1c(Br)cccc1C(=O)C(C)Cl. The Morgan fingerprint density at radius 3 is 2.71 bits per heavy atom. The zero-order valence-electron chi connectivity index (χ0n) is 7.88. The van der Waals surface area contributed by atoms with Gasteiger partial charge in [0, 0.05) is 0 Å². The lowest BCUT2D eigenvalue weighted by Crippen LogP contribution is -2.11. The van der Waals surface area contributed by atoms with Crippen molar-refractivity contribution in [1.82, 2.24) is 0 Å². The first-order valence-electron chi connectivity index (χ1n) is 4.08. The van der Waals surface area contributed by atoms with Gasteiger partial charge in [0.05, 0.1) is 22.5 Å². The van der Waals surface area contributed by atoms with Crippen molar-refractivity contribution >= 4 is 33.3 Å². The van der Waals surface area contributed by atoms with Gasteiger partial charge in [-0.3, -0.25) is 4.79 Å². The molecule has 0 heterocycles. The summed E-state index contributed by atoms with van der Waals surface area (Å²) in [5, 5.41) is -0.543. The number of carbonyl (C=O) groups excluding carboxylic acids is 1. The van der Waals surface area contributed by atoms with Gasteiger partial charge in [0.25, 0.3) is 0 Å². The number of para-hydroxylation sites is 1. The second-order valence-corrected chi connectivity index (χ2v) is 4.31. The highest BCUT2D eigenvalue weighted by Gasteiger charge is 2.18. The molecule has 0 saturated heterocycles. The molecule has 0 N–H and O–H groups in total. The molecule has 1 aromatic carbocycles. The van der Waals surface area contributed by atoms with Crippen molar-refractivity contribution in [3.8, 4) is 5.75 Å². The van der Waals surface area contributed by atoms with Gasteiger partial charge >= 0.3 is 0 Å². The van der Waals surface area contributed by atoms with Gasteiger partial charge in [0.1, 0.15) is 5.75 Å². The zero-order valence-corrected chi connectivity index (χ0v) is 10.2. The van der Waals surface area contributed by atoms with E-state index in [4.69, 9.17) is 16.3 Å². The molecule has 0 fully saturated rings. The van der Waals surface area contributed by atoms with Crippen molar-refractivity contribution in [2.75, 3.05) is 7.11 Å². The fourth-order valence-corrected chi connectivity index (χ4v) is 1.77. The summed E-state index contributed by atoms with van der Waals surface area (Å²) < 4.78 is 5.87. The first-order chi connectivity index (χ1) is 6.57. The smallest absolute Gasteiger partial charge is 0.184 e. The van der Waals surface area contributed by atoms with Gasteiger partial charge in [-0.25, -0.2) is 0 Å². The van der Waals surface area contributed by atoms with Crippen LogP contribution in [-0.2, 0) is 0 Å². The minimum atomic E-state index is -0.543. The van der Waals surface area contributed by atoms with E-state index in [0.717, 1.165) is 4.47 Å². The lowest BCUT2D eigenvalue weighted by molar-refractivity contribution is 0.0988. The average molecular weight is 278 g/mol. The van der Waals surface area contributed by atoms with E-state index in [1.807, 2.05) is 6.07 Å². The number of hydrogen-bond donors (Lipinski definition) is 0.